The van der Waals surface area contributed by atoms with Crippen molar-refractivity contribution in [2.24, 2.45) is 10.4 Å². The fraction of sp³-hybridized carbons (Fsp3) is 0.357. The normalized spacial score (nSPS) is 20.6. The van der Waals surface area contributed by atoms with Crippen LogP contribution in [0.4, 0.5) is 5.69 Å². The zero-order valence-corrected chi connectivity index (χ0v) is 19.6. The molecule has 1 aromatic heterocycles. The third-order valence-corrected chi connectivity index (χ3v) is 6.66. The number of allylic oxidation sites excluding steroid dienone is 2. The Bertz CT molecular complexity index is 1360. The lowest BCUT2D eigenvalue weighted by atomic mass is 9.73. The molecule has 0 radical (unpaired) electrons. The maximum atomic E-state index is 13.1. The van der Waals surface area contributed by atoms with Crippen LogP contribution in [-0.2, 0) is 17.6 Å². The van der Waals surface area contributed by atoms with E-state index in [1.807, 2.05) is 56.3 Å². The Balaban J connectivity index is 1.48. The number of rotatable bonds is 4. The largest absolute Gasteiger partial charge is 0.511 e. The first-order valence-corrected chi connectivity index (χ1v) is 11.8. The van der Waals surface area contributed by atoms with Gasteiger partial charge >= 0.3 is 0 Å². The molecule has 0 saturated heterocycles. The van der Waals surface area contributed by atoms with Crippen molar-refractivity contribution < 1.29 is 19.2 Å². The molecule has 1 fully saturated rings. The summed E-state index contributed by atoms with van der Waals surface area (Å²) in [7, 11) is 0. The predicted octanol–water partition coefficient (Wildman–Crippen LogP) is 6.25. The predicted molar refractivity (Wildman–Crippen MR) is 131 cm³/mol. The summed E-state index contributed by atoms with van der Waals surface area (Å²) >= 11 is 0. The third-order valence-electron chi connectivity index (χ3n) is 6.66. The van der Waals surface area contributed by atoms with E-state index < -0.39 is 0 Å². The zero-order valence-electron chi connectivity index (χ0n) is 19.6. The van der Waals surface area contributed by atoms with Gasteiger partial charge < -0.3 is 9.63 Å². The van der Waals surface area contributed by atoms with Gasteiger partial charge in [0, 0.05) is 32.1 Å². The number of carbonyl (C=O) groups excluding carboxylic acids is 2. The van der Waals surface area contributed by atoms with E-state index >= 15 is 0 Å². The molecular weight excluding hydrogens is 428 g/mol. The number of aliphatic hydroxyl groups is 1. The number of aliphatic imine (C=N–C) groups is 1. The number of benzene rings is 2. The van der Waals surface area contributed by atoms with Gasteiger partial charge in [-0.2, -0.15) is 0 Å². The number of fused-ring (bicyclic) bond motifs is 2. The minimum absolute atomic E-state index is 0.0000441. The van der Waals surface area contributed by atoms with Gasteiger partial charge in [-0.25, -0.2) is 0 Å². The van der Waals surface area contributed by atoms with Gasteiger partial charge in [-0.15, -0.1) is 0 Å². The van der Waals surface area contributed by atoms with Crippen molar-refractivity contribution in [1.82, 2.24) is 5.16 Å². The molecule has 1 saturated carbocycles. The second-order valence-corrected chi connectivity index (χ2v) is 10.1. The lowest BCUT2D eigenvalue weighted by molar-refractivity contribution is -0.117. The van der Waals surface area contributed by atoms with Crippen molar-refractivity contribution in [2.75, 3.05) is 0 Å². The Labute approximate surface area is 198 Å². The van der Waals surface area contributed by atoms with Crippen LogP contribution in [0.15, 0.2) is 63.3 Å². The summed E-state index contributed by atoms with van der Waals surface area (Å²) < 4.78 is 5.36. The van der Waals surface area contributed by atoms with Crippen molar-refractivity contribution in [1.29, 1.82) is 0 Å². The zero-order chi connectivity index (χ0) is 23.9. The summed E-state index contributed by atoms with van der Waals surface area (Å²) in [5, 5.41) is 17.3. The van der Waals surface area contributed by atoms with Crippen molar-refractivity contribution in [3.05, 3.63) is 70.8 Å². The molecule has 34 heavy (non-hydrogen) atoms. The summed E-state index contributed by atoms with van der Waals surface area (Å²) in [5.74, 6) is 0.567. The molecule has 6 nitrogen and oxygen atoms in total. The van der Waals surface area contributed by atoms with Crippen LogP contribution in [-0.4, -0.2) is 27.5 Å². The smallest absolute Gasteiger partial charge is 0.168 e. The van der Waals surface area contributed by atoms with Crippen molar-refractivity contribution >= 4 is 33.7 Å². The minimum Gasteiger partial charge on any atom is -0.511 e. The first-order chi connectivity index (χ1) is 16.3. The first-order valence-electron chi connectivity index (χ1n) is 11.8. The van der Waals surface area contributed by atoms with E-state index in [-0.39, 0.29) is 29.2 Å². The highest BCUT2D eigenvalue weighted by Crippen LogP contribution is 2.37. The van der Waals surface area contributed by atoms with Gasteiger partial charge in [-0.3, -0.25) is 14.6 Å². The average Bonchev–Trinajstić information content (AvgIpc) is 3.21. The molecule has 6 heteroatoms. The van der Waals surface area contributed by atoms with Crippen molar-refractivity contribution in [3.8, 4) is 0 Å². The molecule has 5 rings (SSSR count). The molecule has 0 atom stereocenters. The topological polar surface area (TPSA) is 92.8 Å². The number of ketones is 2. The maximum absolute atomic E-state index is 13.1. The highest BCUT2D eigenvalue weighted by atomic mass is 16.5. The van der Waals surface area contributed by atoms with E-state index in [0.29, 0.717) is 60.4 Å². The number of nitrogens with zero attached hydrogens (tertiary/aromatic N) is 2. The Morgan fingerprint density at radius 1 is 1.06 bits per heavy atom. The monoisotopic (exact) mass is 456 g/mol. The van der Waals surface area contributed by atoms with Crippen molar-refractivity contribution in [3.63, 3.8) is 0 Å². The van der Waals surface area contributed by atoms with Gasteiger partial charge in [0.25, 0.3) is 0 Å². The number of Topliss-reactive ketones (excluding diaryl/α,β-unsaturated/α-hetero) is 2. The van der Waals surface area contributed by atoms with E-state index in [1.165, 1.54) is 0 Å². The molecule has 174 valence electrons. The number of carbonyl (C=O) groups is 2. The molecule has 0 aliphatic heterocycles. The van der Waals surface area contributed by atoms with Gasteiger partial charge in [-0.05, 0) is 41.2 Å². The molecule has 1 heterocycles. The number of aliphatic hydroxyl groups excluding tert-OH is 1. The summed E-state index contributed by atoms with van der Waals surface area (Å²) in [5.41, 5.74) is 2.53. The van der Waals surface area contributed by atoms with E-state index in [4.69, 9.17) is 9.52 Å². The highest BCUT2D eigenvalue weighted by molar-refractivity contribution is 6.25. The molecule has 0 spiro atoms. The van der Waals surface area contributed by atoms with Crippen LogP contribution in [0.1, 0.15) is 67.8 Å². The molecule has 0 amide bonds. The van der Waals surface area contributed by atoms with Crippen LogP contribution in [0.3, 0.4) is 0 Å². The summed E-state index contributed by atoms with van der Waals surface area (Å²) in [6, 6.07) is 14.0. The van der Waals surface area contributed by atoms with Crippen LogP contribution in [0.5, 0.6) is 0 Å². The third kappa shape index (κ3) is 4.32. The molecule has 2 aliphatic rings. The Morgan fingerprint density at radius 3 is 2.68 bits per heavy atom. The standard InChI is InChI=1S/C28H28N2O4/c1-28(2)15-21(29-19-11-10-17-6-3-4-7-18(17)14-19)26(24(33)16-28)23(32)13-12-20-27-22(31)8-5-9-25(27)34-30-20/h3-4,6-7,10-11,14,32H,5,8-9,12-13,15-16H2,1-2H3. The Morgan fingerprint density at radius 2 is 1.85 bits per heavy atom. The lowest BCUT2D eigenvalue weighted by Gasteiger charge is -2.31. The van der Waals surface area contributed by atoms with Crippen molar-refractivity contribution in [2.45, 2.75) is 58.8 Å². The molecule has 2 aromatic carbocycles. The van der Waals surface area contributed by atoms with Crippen LogP contribution in [0.25, 0.3) is 10.8 Å². The van der Waals surface area contributed by atoms with Gasteiger partial charge in [0.2, 0.25) is 0 Å². The Kier molecular flexibility index (Phi) is 5.68. The van der Waals surface area contributed by atoms with Crippen LogP contribution in [0.2, 0.25) is 0 Å². The first kappa shape index (κ1) is 22.3. The Hall–Kier alpha value is -3.54. The maximum Gasteiger partial charge on any atom is 0.168 e. The second kappa shape index (κ2) is 8.67. The number of hydrogen-bond acceptors (Lipinski definition) is 6. The van der Waals surface area contributed by atoms with Crippen LogP contribution < -0.4 is 0 Å². The molecule has 3 aromatic rings. The number of aryl methyl sites for hydroxylation is 2. The molecular formula is C28H28N2O4. The summed E-state index contributed by atoms with van der Waals surface area (Å²) in [4.78, 5) is 30.3. The number of aromatic nitrogens is 1. The van der Waals surface area contributed by atoms with Gasteiger partial charge in [0.15, 0.2) is 11.6 Å². The molecule has 2 aliphatic carbocycles. The minimum atomic E-state index is -0.242. The van der Waals surface area contributed by atoms with Crippen LogP contribution >= 0.6 is 0 Å². The number of hydrogen-bond donors (Lipinski definition) is 1. The average molecular weight is 457 g/mol. The molecule has 1 N–H and O–H groups in total. The lowest BCUT2D eigenvalue weighted by Crippen LogP contribution is -2.32. The fourth-order valence-corrected chi connectivity index (χ4v) is 5.03. The van der Waals surface area contributed by atoms with Crippen LogP contribution in [0, 0.1) is 5.41 Å². The molecule has 0 bridgehead atoms. The molecule has 0 unspecified atom stereocenters. The van der Waals surface area contributed by atoms with E-state index in [9.17, 15) is 14.7 Å². The van der Waals surface area contributed by atoms with Gasteiger partial charge in [0.05, 0.1) is 28.2 Å². The van der Waals surface area contributed by atoms with E-state index in [2.05, 4.69) is 5.16 Å². The van der Waals surface area contributed by atoms with Gasteiger partial charge in [-0.1, -0.05) is 49.3 Å². The fourth-order valence-electron chi connectivity index (χ4n) is 5.03. The SMILES string of the molecule is CC1(C)CC(=O)C(=C(O)CCc2noc3c2C(=O)CCC3)C(=Nc2ccc3ccccc3c2)C1. The quantitative estimate of drug-likeness (QED) is 0.370. The van der Waals surface area contributed by atoms with Gasteiger partial charge in [0.1, 0.15) is 11.5 Å². The second-order valence-electron chi connectivity index (χ2n) is 10.1. The summed E-state index contributed by atoms with van der Waals surface area (Å²) in [6.45, 7) is 4.09. The summed E-state index contributed by atoms with van der Waals surface area (Å²) in [6.07, 6.45) is 3.43. The van der Waals surface area contributed by atoms with E-state index in [0.717, 1.165) is 22.9 Å². The highest BCUT2D eigenvalue weighted by Gasteiger charge is 2.36. The van der Waals surface area contributed by atoms with E-state index in [1.54, 1.807) is 0 Å².